The van der Waals surface area contributed by atoms with Crippen LogP contribution in [-0.2, 0) is 6.42 Å². The van der Waals surface area contributed by atoms with Crippen LogP contribution in [0.15, 0.2) is 18.2 Å². The molecule has 0 aliphatic carbocycles. The highest BCUT2D eigenvalue weighted by Gasteiger charge is 2.14. The Kier molecular flexibility index (Phi) is 7.88. The molecule has 1 aromatic rings. The maximum Gasteiger partial charge on any atom is 0.339 e. The second kappa shape index (κ2) is 9.43. The van der Waals surface area contributed by atoms with Crippen LogP contribution in [0.4, 0.5) is 0 Å². The molecule has 0 saturated heterocycles. The van der Waals surface area contributed by atoms with Crippen LogP contribution in [-0.4, -0.2) is 16.2 Å². The van der Waals surface area contributed by atoms with Crippen LogP contribution >= 0.6 is 0 Å². The molecule has 0 aromatic heterocycles. The Morgan fingerprint density at radius 3 is 2.29 bits per heavy atom. The highest BCUT2D eigenvalue weighted by atomic mass is 16.4. The molecule has 0 unspecified atom stereocenters. The summed E-state index contributed by atoms with van der Waals surface area (Å²) in [7, 11) is 0. The molecule has 118 valence electrons. The quantitative estimate of drug-likeness (QED) is 0.595. The lowest BCUT2D eigenvalue weighted by atomic mass is 9.99. The van der Waals surface area contributed by atoms with Crippen LogP contribution in [0.1, 0.15) is 74.7 Å². The summed E-state index contributed by atoms with van der Waals surface area (Å²) < 4.78 is 0. The van der Waals surface area contributed by atoms with Crippen molar-refractivity contribution in [3.8, 4) is 5.75 Å². The highest BCUT2D eigenvalue weighted by Crippen LogP contribution is 2.23. The van der Waals surface area contributed by atoms with Crippen molar-refractivity contribution in [1.29, 1.82) is 0 Å². The molecule has 21 heavy (non-hydrogen) atoms. The fraction of sp³-hybridized carbons (Fsp3) is 0.611. The fourth-order valence-corrected chi connectivity index (χ4v) is 2.62. The van der Waals surface area contributed by atoms with Gasteiger partial charge in [-0.05, 0) is 30.4 Å². The number of benzene rings is 1. The predicted octanol–water partition coefficient (Wildman–Crippen LogP) is 5.02. The van der Waals surface area contributed by atoms with Crippen molar-refractivity contribution in [2.75, 3.05) is 0 Å². The SMILES string of the molecule is CC(C)CCCCCCCCc1cccc(O)c1C(=O)O. The number of hydrogen-bond donors (Lipinski definition) is 2. The molecule has 0 aliphatic rings. The first-order valence-electron chi connectivity index (χ1n) is 8.06. The summed E-state index contributed by atoms with van der Waals surface area (Å²) in [5.41, 5.74) is 0.803. The van der Waals surface area contributed by atoms with E-state index in [1.54, 1.807) is 12.1 Å². The standard InChI is InChI=1S/C18H28O3/c1-14(2)10-7-5-3-4-6-8-11-15-12-9-13-16(19)17(15)18(20)21/h9,12-14,19H,3-8,10-11H2,1-2H3,(H,20,21). The first-order valence-corrected chi connectivity index (χ1v) is 8.06. The summed E-state index contributed by atoms with van der Waals surface area (Å²) in [4.78, 5) is 11.1. The maximum absolute atomic E-state index is 11.1. The number of carboxylic acids is 1. The number of hydrogen-bond acceptors (Lipinski definition) is 2. The van der Waals surface area contributed by atoms with Gasteiger partial charge in [0.05, 0.1) is 0 Å². The van der Waals surface area contributed by atoms with Gasteiger partial charge in [0.2, 0.25) is 0 Å². The molecule has 0 amide bonds. The molecule has 1 aromatic carbocycles. The molecular weight excluding hydrogens is 264 g/mol. The van der Waals surface area contributed by atoms with Gasteiger partial charge >= 0.3 is 5.97 Å². The van der Waals surface area contributed by atoms with Crippen molar-refractivity contribution < 1.29 is 15.0 Å². The van der Waals surface area contributed by atoms with Crippen molar-refractivity contribution in [3.05, 3.63) is 29.3 Å². The van der Waals surface area contributed by atoms with Crippen LogP contribution in [0.2, 0.25) is 0 Å². The van der Waals surface area contributed by atoms with E-state index in [4.69, 9.17) is 5.11 Å². The van der Waals surface area contributed by atoms with Gasteiger partial charge in [-0.1, -0.05) is 64.5 Å². The molecule has 0 aliphatic heterocycles. The summed E-state index contributed by atoms with van der Waals surface area (Å²) in [6, 6.07) is 4.94. The van der Waals surface area contributed by atoms with Gasteiger partial charge in [-0.3, -0.25) is 0 Å². The van der Waals surface area contributed by atoms with E-state index < -0.39 is 5.97 Å². The number of phenols is 1. The highest BCUT2D eigenvalue weighted by molar-refractivity contribution is 5.92. The van der Waals surface area contributed by atoms with Gasteiger partial charge in [-0.15, -0.1) is 0 Å². The maximum atomic E-state index is 11.1. The van der Waals surface area contributed by atoms with E-state index in [-0.39, 0.29) is 11.3 Å². The Bertz CT molecular complexity index is 438. The number of aromatic carboxylic acids is 1. The van der Waals surface area contributed by atoms with E-state index in [1.807, 2.05) is 0 Å². The second-order valence-electron chi connectivity index (χ2n) is 6.17. The molecule has 2 N–H and O–H groups in total. The molecular formula is C18H28O3. The summed E-state index contributed by atoms with van der Waals surface area (Å²) in [6.07, 6.45) is 9.22. The lowest BCUT2D eigenvalue weighted by Crippen LogP contribution is -2.03. The van der Waals surface area contributed by atoms with Crippen molar-refractivity contribution in [3.63, 3.8) is 0 Å². The van der Waals surface area contributed by atoms with Crippen LogP contribution in [0.25, 0.3) is 0 Å². The molecule has 0 bridgehead atoms. The molecule has 0 fully saturated rings. The fourth-order valence-electron chi connectivity index (χ4n) is 2.62. The lowest BCUT2D eigenvalue weighted by Gasteiger charge is -2.08. The van der Waals surface area contributed by atoms with Gasteiger partial charge in [-0.2, -0.15) is 0 Å². The average Bonchev–Trinajstić information content (AvgIpc) is 2.41. The van der Waals surface area contributed by atoms with Gasteiger partial charge in [0.25, 0.3) is 0 Å². The van der Waals surface area contributed by atoms with Gasteiger partial charge in [0.1, 0.15) is 11.3 Å². The molecule has 3 nitrogen and oxygen atoms in total. The van der Waals surface area contributed by atoms with E-state index in [0.29, 0.717) is 0 Å². The normalized spacial score (nSPS) is 11.0. The zero-order valence-corrected chi connectivity index (χ0v) is 13.3. The van der Waals surface area contributed by atoms with Crippen molar-refractivity contribution >= 4 is 5.97 Å². The third-order valence-electron chi connectivity index (χ3n) is 3.82. The van der Waals surface area contributed by atoms with E-state index in [9.17, 15) is 9.90 Å². The number of aromatic hydroxyl groups is 1. The zero-order valence-electron chi connectivity index (χ0n) is 13.3. The van der Waals surface area contributed by atoms with Gasteiger partial charge in [-0.25, -0.2) is 4.79 Å². The van der Waals surface area contributed by atoms with Gasteiger partial charge < -0.3 is 10.2 Å². The molecule has 1 rings (SSSR count). The number of carbonyl (C=O) groups is 1. The Balaban J connectivity index is 2.24. The summed E-state index contributed by atoms with van der Waals surface area (Å²) in [5.74, 6) is -0.379. The van der Waals surface area contributed by atoms with E-state index in [1.165, 1.54) is 38.2 Å². The minimum absolute atomic E-state index is 0.0643. The van der Waals surface area contributed by atoms with E-state index in [2.05, 4.69) is 13.8 Å². The third-order valence-corrected chi connectivity index (χ3v) is 3.82. The van der Waals surface area contributed by atoms with Crippen LogP contribution in [0, 0.1) is 5.92 Å². The van der Waals surface area contributed by atoms with E-state index in [0.717, 1.165) is 30.7 Å². The second-order valence-corrected chi connectivity index (χ2v) is 6.17. The Morgan fingerprint density at radius 1 is 1.05 bits per heavy atom. The topological polar surface area (TPSA) is 57.5 Å². The minimum Gasteiger partial charge on any atom is -0.507 e. The summed E-state index contributed by atoms with van der Waals surface area (Å²) in [6.45, 7) is 4.52. The lowest BCUT2D eigenvalue weighted by molar-refractivity contribution is 0.0692. The predicted molar refractivity (Wildman–Crippen MR) is 85.9 cm³/mol. The summed E-state index contributed by atoms with van der Waals surface area (Å²) >= 11 is 0. The Hall–Kier alpha value is -1.51. The molecule has 3 heteroatoms. The van der Waals surface area contributed by atoms with Crippen molar-refractivity contribution in [1.82, 2.24) is 0 Å². The molecule has 0 atom stereocenters. The first kappa shape index (κ1) is 17.5. The van der Waals surface area contributed by atoms with Crippen LogP contribution in [0.5, 0.6) is 5.75 Å². The van der Waals surface area contributed by atoms with Crippen molar-refractivity contribution in [2.45, 2.75) is 65.2 Å². The number of aryl methyl sites for hydroxylation is 1. The minimum atomic E-state index is -1.04. The first-order chi connectivity index (χ1) is 10.0. The Morgan fingerprint density at radius 2 is 1.67 bits per heavy atom. The monoisotopic (exact) mass is 292 g/mol. The average molecular weight is 292 g/mol. The van der Waals surface area contributed by atoms with Crippen LogP contribution in [0.3, 0.4) is 0 Å². The molecule has 0 spiro atoms. The molecule has 0 radical (unpaired) electrons. The summed E-state index contributed by atoms with van der Waals surface area (Å²) in [5, 5.41) is 18.8. The smallest absolute Gasteiger partial charge is 0.339 e. The van der Waals surface area contributed by atoms with E-state index >= 15 is 0 Å². The number of unbranched alkanes of at least 4 members (excludes halogenated alkanes) is 5. The van der Waals surface area contributed by atoms with Crippen molar-refractivity contribution in [2.24, 2.45) is 5.92 Å². The van der Waals surface area contributed by atoms with Crippen LogP contribution < -0.4 is 0 Å². The van der Waals surface area contributed by atoms with Gasteiger partial charge in [0.15, 0.2) is 0 Å². The third kappa shape index (κ3) is 6.65. The number of carboxylic acid groups (broad SMARTS) is 1. The largest absolute Gasteiger partial charge is 0.507 e. The Labute approximate surface area is 128 Å². The molecule has 0 saturated carbocycles. The molecule has 0 heterocycles. The zero-order chi connectivity index (χ0) is 15.7. The number of rotatable bonds is 10. The van der Waals surface area contributed by atoms with Gasteiger partial charge in [0, 0.05) is 0 Å².